The van der Waals surface area contributed by atoms with Crippen molar-refractivity contribution in [3.05, 3.63) is 46.7 Å². The fraction of sp³-hybridized carbons (Fsp3) is 0.267. The Kier molecular flexibility index (Phi) is 3.25. The number of nitrogens with zero attached hydrogens (tertiary/aromatic N) is 2. The van der Waals surface area contributed by atoms with E-state index in [1.54, 1.807) is 0 Å². The lowest BCUT2D eigenvalue weighted by Crippen LogP contribution is -2.30. The van der Waals surface area contributed by atoms with Crippen LogP contribution in [0, 0.1) is 0 Å². The quantitative estimate of drug-likeness (QED) is 0.795. The highest BCUT2D eigenvalue weighted by atomic mass is 32.1. The van der Waals surface area contributed by atoms with E-state index in [1.165, 1.54) is 11.3 Å². The van der Waals surface area contributed by atoms with Gasteiger partial charge >= 0.3 is 0 Å². The average Bonchev–Trinajstić information content (AvgIpc) is 2.91. The second-order valence-electron chi connectivity index (χ2n) is 4.70. The van der Waals surface area contributed by atoms with Crippen LogP contribution in [0.5, 0.6) is 0 Å². The van der Waals surface area contributed by atoms with Crippen LogP contribution in [-0.2, 0) is 0 Å². The van der Waals surface area contributed by atoms with E-state index < -0.39 is 0 Å². The molecule has 1 aromatic heterocycles. The summed E-state index contributed by atoms with van der Waals surface area (Å²) >= 11 is 1.50. The first kappa shape index (κ1) is 12.2. The predicted octanol–water partition coefficient (Wildman–Crippen LogP) is 3.23. The van der Waals surface area contributed by atoms with Gasteiger partial charge in [-0.25, -0.2) is 0 Å². The zero-order valence-electron chi connectivity index (χ0n) is 10.9. The number of para-hydroxylation sites is 2. The standard InChI is InChI=1S/C15H16N2OS/c1-16-9-5-10-17(13-7-3-2-6-12(13)16)15(18)14-8-4-11-19-14/h2-4,6-8,11H,5,9-10H2,1H3. The summed E-state index contributed by atoms with van der Waals surface area (Å²) in [5.74, 6) is 0.109. The van der Waals surface area contributed by atoms with E-state index in [9.17, 15) is 4.79 Å². The largest absolute Gasteiger partial charge is 0.373 e. The van der Waals surface area contributed by atoms with Gasteiger partial charge in [-0.3, -0.25) is 4.79 Å². The SMILES string of the molecule is CN1CCCN(C(=O)c2cccs2)c2ccccc21. The summed E-state index contributed by atoms with van der Waals surface area (Å²) in [5, 5.41) is 1.95. The summed E-state index contributed by atoms with van der Waals surface area (Å²) in [7, 11) is 2.08. The van der Waals surface area contributed by atoms with Crippen molar-refractivity contribution < 1.29 is 4.79 Å². The first-order valence-electron chi connectivity index (χ1n) is 6.43. The first-order valence-corrected chi connectivity index (χ1v) is 7.31. The van der Waals surface area contributed by atoms with E-state index in [4.69, 9.17) is 0 Å². The summed E-state index contributed by atoms with van der Waals surface area (Å²) in [4.78, 5) is 17.5. The van der Waals surface area contributed by atoms with Gasteiger partial charge in [0.05, 0.1) is 16.3 Å². The van der Waals surface area contributed by atoms with Gasteiger partial charge < -0.3 is 9.80 Å². The van der Waals surface area contributed by atoms with Gasteiger partial charge in [-0.15, -0.1) is 11.3 Å². The lowest BCUT2D eigenvalue weighted by Gasteiger charge is -2.23. The van der Waals surface area contributed by atoms with Gasteiger partial charge in [0.2, 0.25) is 0 Å². The summed E-state index contributed by atoms with van der Waals surface area (Å²) in [6.07, 6.45) is 0.988. The molecule has 0 saturated carbocycles. The Morgan fingerprint density at radius 1 is 1.11 bits per heavy atom. The maximum absolute atomic E-state index is 12.6. The number of hydrogen-bond acceptors (Lipinski definition) is 3. The van der Waals surface area contributed by atoms with Gasteiger partial charge in [-0.1, -0.05) is 18.2 Å². The third-order valence-electron chi connectivity index (χ3n) is 3.44. The fourth-order valence-corrected chi connectivity index (χ4v) is 3.14. The number of anilines is 2. The minimum absolute atomic E-state index is 0.109. The monoisotopic (exact) mass is 272 g/mol. The Labute approximate surface area is 117 Å². The highest BCUT2D eigenvalue weighted by Gasteiger charge is 2.24. The topological polar surface area (TPSA) is 23.6 Å². The Hall–Kier alpha value is -1.81. The zero-order valence-corrected chi connectivity index (χ0v) is 11.7. The maximum atomic E-state index is 12.6. The molecule has 0 unspecified atom stereocenters. The summed E-state index contributed by atoms with van der Waals surface area (Å²) in [6, 6.07) is 11.9. The highest BCUT2D eigenvalue weighted by Crippen LogP contribution is 2.32. The van der Waals surface area contributed by atoms with E-state index in [1.807, 2.05) is 40.6 Å². The summed E-state index contributed by atoms with van der Waals surface area (Å²) in [6.45, 7) is 1.75. The number of hydrogen-bond donors (Lipinski definition) is 0. The van der Waals surface area contributed by atoms with Gasteiger partial charge in [-0.2, -0.15) is 0 Å². The molecule has 0 atom stereocenters. The van der Waals surface area contributed by atoms with Crippen molar-refractivity contribution in [2.75, 3.05) is 29.9 Å². The van der Waals surface area contributed by atoms with E-state index in [0.717, 1.165) is 35.8 Å². The van der Waals surface area contributed by atoms with Crippen molar-refractivity contribution in [2.24, 2.45) is 0 Å². The molecule has 0 aliphatic carbocycles. The fourth-order valence-electron chi connectivity index (χ4n) is 2.47. The Morgan fingerprint density at radius 2 is 1.89 bits per heavy atom. The van der Waals surface area contributed by atoms with Gasteiger partial charge in [0.25, 0.3) is 5.91 Å². The molecule has 0 saturated heterocycles. The molecule has 3 rings (SSSR count). The predicted molar refractivity (Wildman–Crippen MR) is 80.3 cm³/mol. The molecule has 1 amide bonds. The molecule has 0 fully saturated rings. The van der Waals surface area contributed by atoms with Gasteiger partial charge in [0, 0.05) is 20.1 Å². The lowest BCUT2D eigenvalue weighted by molar-refractivity contribution is 0.0991. The summed E-state index contributed by atoms with van der Waals surface area (Å²) < 4.78 is 0. The number of carbonyl (C=O) groups excluding carboxylic acids is 1. The minimum Gasteiger partial charge on any atom is -0.373 e. The molecular weight excluding hydrogens is 256 g/mol. The van der Waals surface area contributed by atoms with Crippen LogP contribution >= 0.6 is 11.3 Å². The second kappa shape index (κ2) is 5.05. The minimum atomic E-state index is 0.109. The van der Waals surface area contributed by atoms with E-state index in [0.29, 0.717) is 0 Å². The van der Waals surface area contributed by atoms with Crippen molar-refractivity contribution >= 4 is 28.6 Å². The molecule has 3 nitrogen and oxygen atoms in total. The summed E-state index contributed by atoms with van der Waals surface area (Å²) in [5.41, 5.74) is 2.14. The maximum Gasteiger partial charge on any atom is 0.268 e. The normalized spacial score (nSPS) is 15.0. The van der Waals surface area contributed by atoms with Crippen LogP contribution in [-0.4, -0.2) is 26.0 Å². The third kappa shape index (κ3) is 2.24. The van der Waals surface area contributed by atoms with Crippen LogP contribution in [0.2, 0.25) is 0 Å². The highest BCUT2D eigenvalue weighted by molar-refractivity contribution is 7.12. The number of rotatable bonds is 1. The number of thiophene rings is 1. The Balaban J connectivity index is 2.02. The molecule has 0 bridgehead atoms. The first-order chi connectivity index (χ1) is 9.27. The smallest absolute Gasteiger partial charge is 0.268 e. The van der Waals surface area contributed by atoms with Crippen LogP contribution in [0.15, 0.2) is 41.8 Å². The van der Waals surface area contributed by atoms with Gasteiger partial charge in [-0.05, 0) is 30.0 Å². The van der Waals surface area contributed by atoms with Crippen molar-refractivity contribution in [1.29, 1.82) is 0 Å². The van der Waals surface area contributed by atoms with Crippen molar-refractivity contribution in [2.45, 2.75) is 6.42 Å². The third-order valence-corrected chi connectivity index (χ3v) is 4.29. The van der Waals surface area contributed by atoms with Crippen LogP contribution in [0.1, 0.15) is 16.1 Å². The van der Waals surface area contributed by atoms with E-state index >= 15 is 0 Å². The number of amides is 1. The molecule has 19 heavy (non-hydrogen) atoms. The van der Waals surface area contributed by atoms with E-state index in [-0.39, 0.29) is 5.91 Å². The number of carbonyl (C=O) groups is 1. The molecule has 2 heterocycles. The molecule has 1 aromatic carbocycles. The molecule has 0 radical (unpaired) electrons. The Morgan fingerprint density at radius 3 is 2.63 bits per heavy atom. The molecule has 1 aliphatic heterocycles. The Bertz CT molecular complexity index is 580. The molecule has 98 valence electrons. The van der Waals surface area contributed by atoms with Gasteiger partial charge in [0.15, 0.2) is 0 Å². The zero-order chi connectivity index (χ0) is 13.2. The molecule has 4 heteroatoms. The van der Waals surface area contributed by atoms with E-state index in [2.05, 4.69) is 18.0 Å². The van der Waals surface area contributed by atoms with Crippen molar-refractivity contribution in [1.82, 2.24) is 0 Å². The molecular formula is C15H16N2OS. The molecule has 2 aromatic rings. The molecule has 0 N–H and O–H groups in total. The molecule has 1 aliphatic rings. The van der Waals surface area contributed by atoms with Crippen LogP contribution in [0.3, 0.4) is 0 Å². The number of benzene rings is 1. The van der Waals surface area contributed by atoms with Gasteiger partial charge in [0.1, 0.15) is 0 Å². The number of fused-ring (bicyclic) bond motifs is 1. The van der Waals surface area contributed by atoms with Crippen LogP contribution < -0.4 is 9.80 Å². The van der Waals surface area contributed by atoms with Crippen molar-refractivity contribution in [3.8, 4) is 0 Å². The van der Waals surface area contributed by atoms with Crippen molar-refractivity contribution in [3.63, 3.8) is 0 Å². The molecule has 0 spiro atoms. The average molecular weight is 272 g/mol. The lowest BCUT2D eigenvalue weighted by atomic mass is 10.2. The van der Waals surface area contributed by atoms with Crippen LogP contribution in [0.4, 0.5) is 11.4 Å². The second-order valence-corrected chi connectivity index (χ2v) is 5.65. The van der Waals surface area contributed by atoms with Crippen LogP contribution in [0.25, 0.3) is 0 Å².